The molecule has 2 aromatic rings. The monoisotopic (exact) mass is 368 g/mol. The van der Waals surface area contributed by atoms with E-state index in [2.05, 4.69) is 20.4 Å². The van der Waals surface area contributed by atoms with E-state index < -0.39 is 23.8 Å². The van der Waals surface area contributed by atoms with E-state index in [1.54, 1.807) is 0 Å². The smallest absolute Gasteiger partial charge is 0.381 e. The second-order valence-electron chi connectivity index (χ2n) is 3.96. The number of nitrogens with zero attached hydrogens (tertiary/aromatic N) is 2. The molecule has 0 saturated heterocycles. The standard InChI is InChI=1S/C11H5Cl2F3N4O3/c12-4-1-2-5(13)6(3-4)17-8-7(18-20-19-8)9(21)23-10(22)11(14,15)16/h1-3H,(H2,17,18,19,20). The lowest BCUT2D eigenvalue weighted by atomic mass is 10.3. The highest BCUT2D eigenvalue weighted by Gasteiger charge is 2.43. The van der Waals surface area contributed by atoms with Gasteiger partial charge in [0.1, 0.15) is 0 Å². The second kappa shape index (κ2) is 6.42. The van der Waals surface area contributed by atoms with Crippen LogP contribution in [0.5, 0.6) is 0 Å². The largest absolute Gasteiger partial charge is 0.491 e. The van der Waals surface area contributed by atoms with E-state index in [-0.39, 0.29) is 16.5 Å². The fraction of sp³-hybridized carbons (Fsp3) is 0.0909. The Bertz CT molecular complexity index is 763. The molecule has 1 aromatic carbocycles. The minimum atomic E-state index is -5.31. The predicted molar refractivity (Wildman–Crippen MR) is 72.6 cm³/mol. The Morgan fingerprint density at radius 1 is 1.26 bits per heavy atom. The van der Waals surface area contributed by atoms with Crippen LogP contribution in [-0.4, -0.2) is 33.5 Å². The number of halogens is 5. The van der Waals surface area contributed by atoms with Crippen LogP contribution in [0.4, 0.5) is 24.7 Å². The lowest BCUT2D eigenvalue weighted by molar-refractivity contribution is -0.193. The summed E-state index contributed by atoms with van der Waals surface area (Å²) in [7, 11) is 0. The molecule has 0 saturated carbocycles. The number of aromatic amines is 1. The van der Waals surface area contributed by atoms with Gasteiger partial charge in [-0.25, -0.2) is 14.7 Å². The summed E-state index contributed by atoms with van der Waals surface area (Å²) >= 11 is 11.7. The number of ether oxygens (including phenoxy) is 1. The number of carbonyl (C=O) groups is 2. The van der Waals surface area contributed by atoms with Gasteiger partial charge < -0.3 is 10.1 Å². The molecular formula is C11H5Cl2F3N4O3. The van der Waals surface area contributed by atoms with Crippen LogP contribution in [0, 0.1) is 0 Å². The Labute approximate surface area is 135 Å². The van der Waals surface area contributed by atoms with Crippen LogP contribution >= 0.6 is 23.2 Å². The number of esters is 2. The van der Waals surface area contributed by atoms with Crippen LogP contribution in [-0.2, 0) is 9.53 Å². The minimum absolute atomic E-state index is 0.197. The third-order valence-electron chi connectivity index (χ3n) is 2.35. The number of aromatic nitrogens is 3. The molecule has 0 radical (unpaired) electrons. The lowest BCUT2D eigenvalue weighted by Crippen LogP contribution is -2.28. The Kier molecular flexibility index (Phi) is 4.76. The molecule has 1 aromatic heterocycles. The SMILES string of the molecule is O=C(OC(=O)C(F)(F)F)c1[nH]nnc1Nc1cc(Cl)ccc1Cl. The third-order valence-corrected chi connectivity index (χ3v) is 2.92. The Hall–Kier alpha value is -2.33. The maximum Gasteiger partial charge on any atom is 0.491 e. The van der Waals surface area contributed by atoms with Crippen molar-refractivity contribution in [2.24, 2.45) is 0 Å². The molecule has 122 valence electrons. The summed E-state index contributed by atoms with van der Waals surface area (Å²) in [6.07, 6.45) is -5.31. The molecule has 0 spiro atoms. The van der Waals surface area contributed by atoms with Crippen molar-refractivity contribution >= 4 is 46.6 Å². The van der Waals surface area contributed by atoms with E-state index in [1.165, 1.54) is 18.2 Å². The highest BCUT2D eigenvalue weighted by atomic mass is 35.5. The first-order valence-corrected chi connectivity index (χ1v) is 6.40. The van der Waals surface area contributed by atoms with Crippen molar-refractivity contribution in [3.8, 4) is 0 Å². The van der Waals surface area contributed by atoms with Gasteiger partial charge in [0.15, 0.2) is 11.5 Å². The highest BCUT2D eigenvalue weighted by Crippen LogP contribution is 2.28. The van der Waals surface area contributed by atoms with E-state index in [9.17, 15) is 22.8 Å². The normalized spacial score (nSPS) is 11.2. The molecule has 0 aliphatic heterocycles. The zero-order chi connectivity index (χ0) is 17.2. The van der Waals surface area contributed by atoms with Gasteiger partial charge in [-0.2, -0.15) is 13.2 Å². The van der Waals surface area contributed by atoms with Gasteiger partial charge in [-0.3, -0.25) is 0 Å². The maximum atomic E-state index is 12.1. The van der Waals surface area contributed by atoms with Crippen LogP contribution in [0.1, 0.15) is 10.5 Å². The number of nitrogens with one attached hydrogen (secondary N) is 2. The molecule has 0 aliphatic rings. The molecule has 0 aliphatic carbocycles. The number of rotatable bonds is 3. The number of anilines is 2. The van der Waals surface area contributed by atoms with Gasteiger partial charge in [-0.1, -0.05) is 28.4 Å². The number of benzene rings is 1. The average molecular weight is 369 g/mol. The molecule has 0 unspecified atom stereocenters. The fourth-order valence-corrected chi connectivity index (χ4v) is 1.71. The molecule has 23 heavy (non-hydrogen) atoms. The summed E-state index contributed by atoms with van der Waals surface area (Å²) < 4.78 is 39.9. The topological polar surface area (TPSA) is 97.0 Å². The van der Waals surface area contributed by atoms with E-state index in [0.717, 1.165) is 0 Å². The summed E-state index contributed by atoms with van der Waals surface area (Å²) in [5.74, 6) is -4.57. The molecule has 0 bridgehead atoms. The first-order valence-electron chi connectivity index (χ1n) is 5.65. The first kappa shape index (κ1) is 17.0. The lowest BCUT2D eigenvalue weighted by Gasteiger charge is -2.08. The van der Waals surface area contributed by atoms with Crippen molar-refractivity contribution < 1.29 is 27.5 Å². The van der Waals surface area contributed by atoms with Gasteiger partial charge in [-0.15, -0.1) is 5.10 Å². The van der Waals surface area contributed by atoms with E-state index >= 15 is 0 Å². The van der Waals surface area contributed by atoms with Gasteiger partial charge in [0.05, 0.1) is 10.7 Å². The Balaban J connectivity index is 2.21. The molecule has 12 heteroatoms. The maximum absolute atomic E-state index is 12.1. The fourth-order valence-electron chi connectivity index (χ4n) is 1.37. The van der Waals surface area contributed by atoms with Crippen LogP contribution < -0.4 is 5.32 Å². The number of alkyl halides is 3. The Morgan fingerprint density at radius 3 is 2.61 bits per heavy atom. The molecule has 0 amide bonds. The van der Waals surface area contributed by atoms with Gasteiger partial charge in [0, 0.05) is 5.02 Å². The number of hydrogen-bond acceptors (Lipinski definition) is 6. The number of hydrogen-bond donors (Lipinski definition) is 2. The van der Waals surface area contributed by atoms with Crippen molar-refractivity contribution in [3.63, 3.8) is 0 Å². The first-order chi connectivity index (χ1) is 10.7. The quantitative estimate of drug-likeness (QED) is 0.638. The summed E-state index contributed by atoms with van der Waals surface area (Å²) in [5.41, 5.74) is -0.386. The van der Waals surface area contributed by atoms with Crippen LogP contribution in [0.15, 0.2) is 18.2 Å². The molecule has 1 heterocycles. The summed E-state index contributed by atoms with van der Waals surface area (Å²) in [5, 5.41) is 11.8. The van der Waals surface area contributed by atoms with Crippen molar-refractivity contribution in [2.45, 2.75) is 6.18 Å². The third kappa shape index (κ3) is 4.11. The van der Waals surface area contributed by atoms with Gasteiger partial charge in [0.25, 0.3) is 0 Å². The highest BCUT2D eigenvalue weighted by molar-refractivity contribution is 6.35. The number of carbonyl (C=O) groups excluding carboxylic acids is 2. The van der Waals surface area contributed by atoms with Crippen LogP contribution in [0.3, 0.4) is 0 Å². The van der Waals surface area contributed by atoms with Crippen molar-refractivity contribution in [1.29, 1.82) is 0 Å². The second-order valence-corrected chi connectivity index (χ2v) is 4.80. The zero-order valence-corrected chi connectivity index (χ0v) is 12.3. The molecule has 2 rings (SSSR count). The van der Waals surface area contributed by atoms with E-state index in [4.69, 9.17) is 23.2 Å². The van der Waals surface area contributed by atoms with Crippen LogP contribution in [0.2, 0.25) is 10.0 Å². The van der Waals surface area contributed by atoms with E-state index in [1.807, 2.05) is 5.10 Å². The number of H-pyrrole nitrogens is 1. The minimum Gasteiger partial charge on any atom is -0.381 e. The zero-order valence-electron chi connectivity index (χ0n) is 10.7. The Morgan fingerprint density at radius 2 is 1.96 bits per heavy atom. The van der Waals surface area contributed by atoms with Gasteiger partial charge in [0.2, 0.25) is 0 Å². The molecular weight excluding hydrogens is 364 g/mol. The summed E-state index contributed by atoms with van der Waals surface area (Å²) in [6.45, 7) is 0. The average Bonchev–Trinajstić information content (AvgIpc) is 2.90. The van der Waals surface area contributed by atoms with Crippen molar-refractivity contribution in [3.05, 3.63) is 33.9 Å². The summed E-state index contributed by atoms with van der Waals surface area (Å²) in [4.78, 5) is 22.2. The molecule has 2 N–H and O–H groups in total. The molecule has 7 nitrogen and oxygen atoms in total. The van der Waals surface area contributed by atoms with Crippen LogP contribution in [0.25, 0.3) is 0 Å². The summed E-state index contributed by atoms with van der Waals surface area (Å²) in [6, 6.07) is 4.32. The van der Waals surface area contributed by atoms with Crippen molar-refractivity contribution in [2.75, 3.05) is 5.32 Å². The van der Waals surface area contributed by atoms with Crippen molar-refractivity contribution in [1.82, 2.24) is 15.4 Å². The predicted octanol–water partition coefficient (Wildman–Crippen LogP) is 3.10. The molecule has 0 fully saturated rings. The van der Waals surface area contributed by atoms with Gasteiger partial charge >= 0.3 is 18.1 Å². The van der Waals surface area contributed by atoms with E-state index in [0.29, 0.717) is 5.02 Å². The molecule has 0 atom stereocenters. The van der Waals surface area contributed by atoms with Gasteiger partial charge in [-0.05, 0) is 18.2 Å².